The summed E-state index contributed by atoms with van der Waals surface area (Å²) in [5, 5.41) is 3.28. The Labute approximate surface area is 245 Å². The molecule has 6 rings (SSSR count). The number of ether oxygens (including phenoxy) is 2. The number of aromatic amines is 1. The van der Waals surface area contributed by atoms with Crippen LogP contribution in [0.4, 0.5) is 5.00 Å². The number of thiophene rings is 1. The number of fused-ring (bicyclic) bond motifs is 4. The van der Waals surface area contributed by atoms with Crippen LogP contribution in [0.25, 0.3) is 32.9 Å². The molecule has 5 aromatic rings. The van der Waals surface area contributed by atoms with Gasteiger partial charge in [0.2, 0.25) is 0 Å². The molecule has 1 amide bonds. The summed E-state index contributed by atoms with van der Waals surface area (Å²) >= 11 is 1.34. The number of carbonyl (C=O) groups excluding carboxylic acids is 3. The molecule has 2 aromatic carbocycles. The Morgan fingerprint density at radius 3 is 2.69 bits per heavy atom. The molecule has 0 spiro atoms. The van der Waals surface area contributed by atoms with Crippen molar-refractivity contribution in [3.05, 3.63) is 89.2 Å². The SMILES string of the molecule is CCOC(=O)c1c(NC(=O)C(CC)OC(=O)c2ccc3nc(-c4cccnc4)[nH]c3c2)sc2c1CCc1ccccc1-2. The number of aryl methyl sites for hydroxylation is 1. The summed E-state index contributed by atoms with van der Waals surface area (Å²) in [6.45, 7) is 3.72. The van der Waals surface area contributed by atoms with Crippen LogP contribution in [0.15, 0.2) is 67.0 Å². The molecule has 0 fully saturated rings. The van der Waals surface area contributed by atoms with E-state index in [2.05, 4.69) is 26.3 Å². The number of rotatable bonds is 8. The summed E-state index contributed by atoms with van der Waals surface area (Å²) in [5.41, 5.74) is 5.93. The summed E-state index contributed by atoms with van der Waals surface area (Å²) in [4.78, 5) is 52.4. The third-order valence-electron chi connectivity index (χ3n) is 7.19. The number of aromatic nitrogens is 3. The first kappa shape index (κ1) is 27.3. The molecule has 10 heteroatoms. The van der Waals surface area contributed by atoms with Gasteiger partial charge in [-0.1, -0.05) is 31.2 Å². The van der Waals surface area contributed by atoms with E-state index in [1.54, 1.807) is 44.4 Å². The molecule has 2 N–H and O–H groups in total. The number of nitrogens with zero attached hydrogens (tertiary/aromatic N) is 2. The monoisotopic (exact) mass is 580 g/mol. The zero-order valence-electron chi connectivity index (χ0n) is 23.1. The summed E-state index contributed by atoms with van der Waals surface area (Å²) in [7, 11) is 0. The number of benzene rings is 2. The average Bonchev–Trinajstić information content (AvgIpc) is 3.61. The molecule has 212 valence electrons. The minimum atomic E-state index is -1.07. The summed E-state index contributed by atoms with van der Waals surface area (Å²) in [5.74, 6) is -0.993. The second kappa shape index (κ2) is 11.6. The highest BCUT2D eigenvalue weighted by Gasteiger charge is 2.31. The van der Waals surface area contributed by atoms with Crippen molar-refractivity contribution < 1.29 is 23.9 Å². The Hall–Kier alpha value is -4.83. The number of H-pyrrole nitrogens is 1. The molecular formula is C32H28N4O5S. The molecule has 3 aromatic heterocycles. The smallest absolute Gasteiger partial charge is 0.341 e. The molecule has 1 aliphatic carbocycles. The lowest BCUT2D eigenvalue weighted by Gasteiger charge is -2.17. The maximum atomic E-state index is 13.4. The highest BCUT2D eigenvalue weighted by Crippen LogP contribution is 2.45. The number of carbonyl (C=O) groups is 3. The van der Waals surface area contributed by atoms with E-state index in [0.717, 1.165) is 28.0 Å². The molecule has 9 nitrogen and oxygen atoms in total. The number of esters is 2. The van der Waals surface area contributed by atoms with Crippen LogP contribution in [0.5, 0.6) is 0 Å². The number of hydrogen-bond donors (Lipinski definition) is 2. The van der Waals surface area contributed by atoms with E-state index in [-0.39, 0.29) is 18.6 Å². The van der Waals surface area contributed by atoms with E-state index < -0.39 is 23.9 Å². The second-order valence-corrected chi connectivity index (χ2v) is 10.9. The number of pyridine rings is 1. The molecule has 0 saturated carbocycles. The summed E-state index contributed by atoms with van der Waals surface area (Å²) in [6, 6.07) is 16.8. The fraction of sp³-hybridized carbons (Fsp3) is 0.219. The molecule has 0 saturated heterocycles. The molecule has 0 radical (unpaired) electrons. The van der Waals surface area contributed by atoms with Crippen molar-refractivity contribution in [2.45, 2.75) is 39.2 Å². The first-order valence-electron chi connectivity index (χ1n) is 13.8. The zero-order valence-corrected chi connectivity index (χ0v) is 23.9. The number of anilines is 1. The van der Waals surface area contributed by atoms with Gasteiger partial charge in [-0.2, -0.15) is 0 Å². The van der Waals surface area contributed by atoms with Crippen molar-refractivity contribution in [3.8, 4) is 21.8 Å². The van der Waals surface area contributed by atoms with Gasteiger partial charge in [-0.05, 0) is 73.2 Å². The van der Waals surface area contributed by atoms with Gasteiger partial charge >= 0.3 is 11.9 Å². The predicted molar refractivity (Wildman–Crippen MR) is 161 cm³/mol. The first-order chi connectivity index (χ1) is 20.5. The largest absolute Gasteiger partial charge is 0.462 e. The van der Waals surface area contributed by atoms with Gasteiger partial charge in [-0.15, -0.1) is 11.3 Å². The van der Waals surface area contributed by atoms with Gasteiger partial charge in [0.15, 0.2) is 6.10 Å². The lowest BCUT2D eigenvalue weighted by Crippen LogP contribution is -2.32. The highest BCUT2D eigenvalue weighted by atomic mass is 32.1. The topological polar surface area (TPSA) is 123 Å². The fourth-order valence-electron chi connectivity index (χ4n) is 5.14. The average molecular weight is 581 g/mol. The van der Waals surface area contributed by atoms with Crippen LogP contribution in [0.1, 0.15) is 52.1 Å². The molecule has 1 unspecified atom stereocenters. The van der Waals surface area contributed by atoms with Gasteiger partial charge in [0.25, 0.3) is 5.91 Å². The van der Waals surface area contributed by atoms with Crippen LogP contribution in [-0.4, -0.2) is 45.5 Å². The summed E-state index contributed by atoms with van der Waals surface area (Å²) in [6.07, 6.45) is 4.02. The minimum Gasteiger partial charge on any atom is -0.462 e. The predicted octanol–water partition coefficient (Wildman–Crippen LogP) is 6.20. The quantitative estimate of drug-likeness (QED) is 0.209. The van der Waals surface area contributed by atoms with Gasteiger partial charge in [0, 0.05) is 22.8 Å². The maximum Gasteiger partial charge on any atom is 0.341 e. The van der Waals surface area contributed by atoms with Crippen molar-refractivity contribution in [1.29, 1.82) is 0 Å². The van der Waals surface area contributed by atoms with Crippen LogP contribution in [0, 0.1) is 0 Å². The van der Waals surface area contributed by atoms with Crippen molar-refractivity contribution >= 4 is 45.2 Å². The van der Waals surface area contributed by atoms with Crippen molar-refractivity contribution in [2.75, 3.05) is 11.9 Å². The van der Waals surface area contributed by atoms with Gasteiger partial charge in [-0.3, -0.25) is 9.78 Å². The van der Waals surface area contributed by atoms with Crippen molar-refractivity contribution in [1.82, 2.24) is 15.0 Å². The van der Waals surface area contributed by atoms with E-state index >= 15 is 0 Å². The standard InChI is InChI=1S/C32H28N4O5S/c1-3-25(41-31(38)19-12-14-23-24(16-19)35-28(34-23)20-9-7-15-33-17-20)29(37)36-30-26(32(39)40-4-2)22-13-11-18-8-5-6-10-21(18)27(22)42-30/h5-10,12,14-17,25H,3-4,11,13H2,1-2H3,(H,34,35)(H,36,37). The van der Waals surface area contributed by atoms with E-state index in [9.17, 15) is 14.4 Å². The van der Waals surface area contributed by atoms with Crippen LogP contribution in [0.2, 0.25) is 0 Å². The van der Waals surface area contributed by atoms with Gasteiger partial charge < -0.3 is 19.8 Å². The number of nitrogens with one attached hydrogen (secondary N) is 2. The highest BCUT2D eigenvalue weighted by molar-refractivity contribution is 7.20. The molecular weight excluding hydrogens is 552 g/mol. The molecule has 0 bridgehead atoms. The Morgan fingerprint density at radius 2 is 1.90 bits per heavy atom. The third kappa shape index (κ3) is 5.16. The Morgan fingerprint density at radius 1 is 1.05 bits per heavy atom. The number of imidazole rings is 1. The normalized spacial score (nSPS) is 12.7. The van der Waals surface area contributed by atoms with E-state index in [4.69, 9.17) is 9.47 Å². The van der Waals surface area contributed by atoms with Crippen molar-refractivity contribution in [2.24, 2.45) is 0 Å². The Balaban J connectivity index is 1.23. The van der Waals surface area contributed by atoms with Gasteiger partial charge in [0.1, 0.15) is 10.8 Å². The zero-order chi connectivity index (χ0) is 29.2. The molecule has 3 heterocycles. The van der Waals surface area contributed by atoms with Crippen LogP contribution < -0.4 is 5.32 Å². The molecule has 0 aliphatic heterocycles. The van der Waals surface area contributed by atoms with Crippen LogP contribution >= 0.6 is 11.3 Å². The first-order valence-corrected chi connectivity index (χ1v) is 14.6. The Bertz CT molecular complexity index is 1810. The lowest BCUT2D eigenvalue weighted by atomic mass is 9.89. The molecule has 1 aliphatic rings. The summed E-state index contributed by atoms with van der Waals surface area (Å²) < 4.78 is 11.0. The fourth-order valence-corrected chi connectivity index (χ4v) is 6.44. The van der Waals surface area contributed by atoms with Gasteiger partial charge in [-0.25, -0.2) is 14.6 Å². The maximum absolute atomic E-state index is 13.4. The number of hydrogen-bond acceptors (Lipinski definition) is 8. The van der Waals surface area contributed by atoms with Gasteiger partial charge in [0.05, 0.1) is 28.8 Å². The van der Waals surface area contributed by atoms with Crippen LogP contribution in [-0.2, 0) is 27.1 Å². The van der Waals surface area contributed by atoms with E-state index in [1.807, 2.05) is 30.3 Å². The third-order valence-corrected chi connectivity index (χ3v) is 8.38. The molecule has 42 heavy (non-hydrogen) atoms. The second-order valence-electron chi connectivity index (χ2n) is 9.84. The van der Waals surface area contributed by atoms with E-state index in [0.29, 0.717) is 33.8 Å². The Kier molecular flexibility index (Phi) is 7.54. The number of amides is 1. The molecule has 1 atom stereocenters. The van der Waals surface area contributed by atoms with Crippen LogP contribution in [0.3, 0.4) is 0 Å². The van der Waals surface area contributed by atoms with E-state index in [1.165, 1.54) is 16.9 Å². The minimum absolute atomic E-state index is 0.215. The van der Waals surface area contributed by atoms with Crippen molar-refractivity contribution in [3.63, 3.8) is 0 Å². The lowest BCUT2D eigenvalue weighted by molar-refractivity contribution is -0.124.